The number of piperazine rings is 1. The van der Waals surface area contributed by atoms with Gasteiger partial charge in [0, 0.05) is 43.9 Å². The second-order valence-corrected chi connectivity index (χ2v) is 11.1. The minimum atomic E-state index is -4.62. The Morgan fingerprint density at radius 3 is 2.69 bits per heavy atom. The van der Waals surface area contributed by atoms with Gasteiger partial charge in [0.15, 0.2) is 0 Å². The van der Waals surface area contributed by atoms with Gasteiger partial charge in [-0.3, -0.25) is 14.7 Å². The van der Waals surface area contributed by atoms with Crippen molar-refractivity contribution in [3.8, 4) is 18.1 Å². The topological polar surface area (TPSA) is 90.2 Å². The van der Waals surface area contributed by atoms with Crippen LogP contribution in [0.25, 0.3) is 0 Å². The van der Waals surface area contributed by atoms with Crippen LogP contribution in [0, 0.1) is 19.3 Å². The maximum atomic E-state index is 13.9. The van der Waals surface area contributed by atoms with Crippen LogP contribution in [0.15, 0.2) is 46.0 Å². The molecule has 1 fully saturated rings. The van der Waals surface area contributed by atoms with Crippen LogP contribution in [-0.4, -0.2) is 79.7 Å². The molecule has 0 aliphatic carbocycles. The number of carbonyl (C=O) groups is 1. The van der Waals surface area contributed by atoms with E-state index < -0.39 is 23.8 Å². The lowest BCUT2D eigenvalue weighted by Crippen LogP contribution is -2.57. The first-order valence-electron chi connectivity index (χ1n) is 13.1. The van der Waals surface area contributed by atoms with E-state index in [1.165, 1.54) is 31.6 Å². The van der Waals surface area contributed by atoms with Crippen molar-refractivity contribution in [1.29, 1.82) is 0 Å². The van der Waals surface area contributed by atoms with Gasteiger partial charge in [0.2, 0.25) is 5.96 Å². The molecule has 2 aliphatic heterocycles. The number of carboxylic acid groups (broad SMARTS) is 1. The minimum absolute atomic E-state index is 0.0858. The molecule has 0 radical (unpaired) electrons. The zero-order valence-corrected chi connectivity index (χ0v) is 24.5. The Morgan fingerprint density at radius 1 is 1.31 bits per heavy atom. The number of nitrogens with zero attached hydrogens (tertiary/aromatic N) is 5. The number of rotatable bonds is 8. The van der Waals surface area contributed by atoms with E-state index in [0.717, 1.165) is 17.0 Å². The Bertz CT molecular complexity index is 1450. The molecule has 1 aromatic heterocycles. The molecular formula is C29H32F3N5O4S. The molecule has 1 aromatic carbocycles. The first kappa shape index (κ1) is 30.9. The SMILES string of the molecule is C#C/C(=C\C=NCOC)N1CCN(C2=Nc3cc(C)sc3[C@H](CC(=O)O)N2c2cc(C(F)(F)F)ccc2OC)C[C@H]1C. The summed E-state index contributed by atoms with van der Waals surface area (Å²) in [6.07, 6.45) is 4.14. The molecule has 2 atom stereocenters. The number of aryl methyl sites for hydroxylation is 1. The van der Waals surface area contributed by atoms with E-state index in [1.54, 1.807) is 17.2 Å². The standard InChI is InChI=1S/C29H32F3N5O4S/c1-6-21(9-10-33-17-40-4)36-12-11-35(16-18(36)2)28-34-22-13-19(3)42-27(22)24(15-26(38)39)37(28)23-14-20(29(30,31)32)7-8-25(23)41-5/h1,7-10,13-14,18,24H,11-12,15-17H2,2-5H3,(H,38,39)/b21-9+,33-10?/t18-,24+/m1/s1. The molecule has 42 heavy (non-hydrogen) atoms. The predicted molar refractivity (Wildman–Crippen MR) is 157 cm³/mol. The van der Waals surface area contributed by atoms with Crippen LogP contribution in [0.1, 0.15) is 34.7 Å². The Labute approximate surface area is 246 Å². The second-order valence-electron chi connectivity index (χ2n) is 9.82. The highest BCUT2D eigenvalue weighted by molar-refractivity contribution is 7.12. The summed E-state index contributed by atoms with van der Waals surface area (Å²) >= 11 is 1.38. The monoisotopic (exact) mass is 603 g/mol. The van der Waals surface area contributed by atoms with E-state index in [1.807, 2.05) is 29.7 Å². The highest BCUT2D eigenvalue weighted by Crippen LogP contribution is 2.48. The minimum Gasteiger partial charge on any atom is -0.495 e. The number of alkyl halides is 3. The number of fused-ring (bicyclic) bond motifs is 1. The summed E-state index contributed by atoms with van der Waals surface area (Å²) in [5.41, 5.74) is 0.442. The highest BCUT2D eigenvalue weighted by atomic mass is 32.1. The number of anilines is 1. The zero-order valence-electron chi connectivity index (χ0n) is 23.7. The molecule has 13 heteroatoms. The number of benzene rings is 1. The number of ether oxygens (including phenoxy) is 2. The molecule has 1 saturated heterocycles. The Morgan fingerprint density at radius 2 is 2.07 bits per heavy atom. The largest absolute Gasteiger partial charge is 0.495 e. The van der Waals surface area contributed by atoms with Gasteiger partial charge in [0.25, 0.3) is 0 Å². The van der Waals surface area contributed by atoms with E-state index >= 15 is 0 Å². The van der Waals surface area contributed by atoms with Crippen molar-refractivity contribution in [1.82, 2.24) is 9.80 Å². The maximum absolute atomic E-state index is 13.9. The van der Waals surface area contributed by atoms with Crippen LogP contribution in [0.3, 0.4) is 0 Å². The number of thiophene rings is 1. The third-order valence-electron chi connectivity index (χ3n) is 6.96. The van der Waals surface area contributed by atoms with Gasteiger partial charge in [-0.05, 0) is 44.2 Å². The summed E-state index contributed by atoms with van der Waals surface area (Å²) < 4.78 is 52.0. The molecular weight excluding hydrogens is 571 g/mol. The number of halogens is 3. The smallest absolute Gasteiger partial charge is 0.416 e. The van der Waals surface area contributed by atoms with Gasteiger partial charge in [0.1, 0.15) is 12.5 Å². The van der Waals surface area contributed by atoms with Crippen LogP contribution >= 0.6 is 11.3 Å². The van der Waals surface area contributed by atoms with Gasteiger partial charge >= 0.3 is 12.1 Å². The van der Waals surface area contributed by atoms with E-state index in [9.17, 15) is 23.1 Å². The van der Waals surface area contributed by atoms with Crippen LogP contribution < -0.4 is 9.64 Å². The van der Waals surface area contributed by atoms with Gasteiger partial charge in [0.05, 0.1) is 47.1 Å². The normalized spacial score (nSPS) is 19.5. The lowest BCUT2D eigenvalue weighted by atomic mass is 10.0. The molecule has 0 amide bonds. The Balaban J connectivity index is 1.80. The molecule has 9 nitrogen and oxygen atoms in total. The zero-order chi connectivity index (χ0) is 30.6. The van der Waals surface area contributed by atoms with Crippen molar-refractivity contribution >= 4 is 40.9 Å². The summed E-state index contributed by atoms with van der Waals surface area (Å²) in [5.74, 6) is 2.12. The average molecular weight is 604 g/mol. The molecule has 0 spiro atoms. The van der Waals surface area contributed by atoms with Crippen LogP contribution in [0.4, 0.5) is 24.5 Å². The van der Waals surface area contributed by atoms with E-state index in [4.69, 9.17) is 20.9 Å². The Hall–Kier alpha value is -4.02. The molecule has 1 N–H and O–H groups in total. The predicted octanol–water partition coefficient (Wildman–Crippen LogP) is 5.31. The third-order valence-corrected chi connectivity index (χ3v) is 8.10. The fourth-order valence-corrected chi connectivity index (χ4v) is 6.18. The lowest BCUT2D eigenvalue weighted by molar-refractivity contribution is -0.138. The fraction of sp³-hybridized carbons (Fsp3) is 0.414. The summed E-state index contributed by atoms with van der Waals surface area (Å²) in [6.45, 7) is 5.40. The third kappa shape index (κ3) is 6.55. The maximum Gasteiger partial charge on any atom is 0.416 e. The first-order chi connectivity index (χ1) is 20.0. The number of aliphatic carboxylic acids is 1. The first-order valence-corrected chi connectivity index (χ1v) is 13.9. The molecule has 2 aromatic rings. The molecule has 0 bridgehead atoms. The number of terminal acetylenes is 1. The average Bonchev–Trinajstić information content (AvgIpc) is 3.32. The van der Waals surface area contributed by atoms with E-state index in [-0.39, 0.29) is 30.6 Å². The van der Waals surface area contributed by atoms with Gasteiger partial charge < -0.3 is 24.4 Å². The lowest BCUT2D eigenvalue weighted by Gasteiger charge is -2.47. The van der Waals surface area contributed by atoms with Gasteiger partial charge in [-0.2, -0.15) is 13.2 Å². The summed E-state index contributed by atoms with van der Waals surface area (Å²) in [6, 6.07) is 4.13. The van der Waals surface area contributed by atoms with Crippen molar-refractivity contribution in [2.75, 3.05) is 45.5 Å². The summed E-state index contributed by atoms with van der Waals surface area (Å²) in [5, 5.41) is 9.90. The molecule has 0 unspecified atom stereocenters. The van der Waals surface area contributed by atoms with Crippen molar-refractivity contribution in [3.63, 3.8) is 0 Å². The molecule has 224 valence electrons. The van der Waals surface area contributed by atoms with E-state index in [2.05, 4.69) is 10.9 Å². The van der Waals surface area contributed by atoms with Gasteiger partial charge in [-0.1, -0.05) is 5.92 Å². The second kappa shape index (κ2) is 12.9. The van der Waals surface area contributed by atoms with Crippen molar-refractivity contribution < 1.29 is 32.5 Å². The van der Waals surface area contributed by atoms with Gasteiger partial charge in [-0.15, -0.1) is 17.8 Å². The van der Waals surface area contributed by atoms with Crippen molar-refractivity contribution in [2.24, 2.45) is 9.98 Å². The van der Waals surface area contributed by atoms with E-state index in [0.29, 0.717) is 41.9 Å². The number of hydrogen-bond donors (Lipinski definition) is 1. The summed E-state index contributed by atoms with van der Waals surface area (Å²) in [7, 11) is 2.91. The number of allylic oxidation sites excluding steroid dienone is 2. The quantitative estimate of drug-likeness (QED) is 0.323. The Kier molecular flexibility index (Phi) is 9.48. The number of guanidine groups is 1. The van der Waals surface area contributed by atoms with Crippen LogP contribution in [-0.2, 0) is 15.7 Å². The van der Waals surface area contributed by atoms with Crippen LogP contribution in [0.2, 0.25) is 0 Å². The van der Waals surface area contributed by atoms with Crippen LogP contribution in [0.5, 0.6) is 5.75 Å². The number of aliphatic imine (C=N–C) groups is 2. The number of methoxy groups -OCH3 is 2. The molecule has 2 aliphatic rings. The number of hydrogen-bond acceptors (Lipinski definition) is 9. The molecule has 3 heterocycles. The van der Waals surface area contributed by atoms with Crippen molar-refractivity contribution in [2.45, 2.75) is 38.5 Å². The number of carboxylic acids is 1. The fourth-order valence-electron chi connectivity index (χ4n) is 5.13. The molecule has 0 saturated carbocycles. The van der Waals surface area contributed by atoms with Gasteiger partial charge in [-0.25, -0.2) is 4.99 Å². The molecule has 4 rings (SSSR count). The highest BCUT2D eigenvalue weighted by Gasteiger charge is 2.41. The summed E-state index contributed by atoms with van der Waals surface area (Å²) in [4.78, 5) is 28.3. The van der Waals surface area contributed by atoms with Crippen molar-refractivity contribution in [3.05, 3.63) is 51.4 Å².